The van der Waals surface area contributed by atoms with Gasteiger partial charge in [-0.3, -0.25) is 4.57 Å². The smallest absolute Gasteiger partial charge is 0.269 e. The molecule has 0 saturated heterocycles. The van der Waals surface area contributed by atoms with Crippen molar-refractivity contribution in [2.45, 2.75) is 18.4 Å². The molecule has 0 bridgehead atoms. The Hall–Kier alpha value is -2.87. The normalized spacial score (nSPS) is 14.7. The van der Waals surface area contributed by atoms with Crippen molar-refractivity contribution < 1.29 is 13.2 Å². The first-order valence-corrected chi connectivity index (χ1v) is 9.13. The van der Waals surface area contributed by atoms with E-state index < -0.39 is 10.0 Å². The lowest BCUT2D eigenvalue weighted by Crippen LogP contribution is -2.36. The lowest BCUT2D eigenvalue weighted by Gasteiger charge is -2.30. The topological polar surface area (TPSA) is 77.3 Å². The van der Waals surface area contributed by atoms with E-state index in [0.29, 0.717) is 17.3 Å². The molecule has 2 aromatic carbocycles. The summed E-state index contributed by atoms with van der Waals surface area (Å²) in [5.74, 6) is 1.46. The number of aromatic nitrogens is 3. The molecule has 1 aliphatic rings. The molecule has 1 aliphatic heterocycles. The highest BCUT2D eigenvalue weighted by molar-refractivity contribution is 7.93. The Morgan fingerprint density at radius 1 is 1.08 bits per heavy atom. The fourth-order valence-corrected chi connectivity index (χ4v) is 4.49. The van der Waals surface area contributed by atoms with Crippen molar-refractivity contribution in [3.05, 3.63) is 59.9 Å². The average molecular weight is 356 g/mol. The Kier molecular flexibility index (Phi) is 3.50. The Balaban J connectivity index is 1.93. The maximum Gasteiger partial charge on any atom is 0.269 e. The molecule has 8 heteroatoms. The molecular weight excluding hydrogens is 340 g/mol. The molecule has 2 heterocycles. The molecule has 128 valence electrons. The second kappa shape index (κ2) is 5.59. The van der Waals surface area contributed by atoms with Gasteiger partial charge >= 0.3 is 0 Å². The molecule has 4 rings (SSSR count). The highest BCUT2D eigenvalue weighted by Gasteiger charge is 2.38. The van der Waals surface area contributed by atoms with Crippen LogP contribution in [0.3, 0.4) is 0 Å². The van der Waals surface area contributed by atoms with Gasteiger partial charge in [0.15, 0.2) is 0 Å². The minimum Gasteiger partial charge on any atom is -0.497 e. The zero-order chi connectivity index (χ0) is 17.6. The number of hydrogen-bond donors (Lipinski definition) is 0. The summed E-state index contributed by atoms with van der Waals surface area (Å²) in [6, 6.07) is 14.3. The summed E-state index contributed by atoms with van der Waals surface area (Å²) >= 11 is 0. The standard InChI is InChI=1S/C17H16N4O3S/c1-12-18-19-17-20(11-13-6-4-3-5-7-13)25(22,23)16-9-8-14(24-2)10-15(16)21(12)17/h3-10H,11H2,1-2H3. The highest BCUT2D eigenvalue weighted by atomic mass is 32.2. The van der Waals surface area contributed by atoms with E-state index in [1.54, 1.807) is 36.8 Å². The maximum absolute atomic E-state index is 13.2. The third kappa shape index (κ3) is 2.37. The van der Waals surface area contributed by atoms with Crippen molar-refractivity contribution in [1.82, 2.24) is 14.8 Å². The molecule has 0 fully saturated rings. The van der Waals surface area contributed by atoms with Crippen LogP contribution in [0.5, 0.6) is 5.75 Å². The zero-order valence-electron chi connectivity index (χ0n) is 13.7. The van der Waals surface area contributed by atoms with Gasteiger partial charge in [0.2, 0.25) is 5.95 Å². The molecule has 0 saturated carbocycles. The number of benzene rings is 2. The van der Waals surface area contributed by atoms with Crippen molar-refractivity contribution in [2.24, 2.45) is 0 Å². The number of hydrogen-bond acceptors (Lipinski definition) is 5. The molecule has 0 amide bonds. The molecule has 3 aromatic rings. The van der Waals surface area contributed by atoms with Gasteiger partial charge in [-0.1, -0.05) is 30.3 Å². The summed E-state index contributed by atoms with van der Waals surface area (Å²) in [5, 5.41) is 8.18. The van der Waals surface area contributed by atoms with Crippen LogP contribution >= 0.6 is 0 Å². The highest BCUT2D eigenvalue weighted by Crippen LogP contribution is 2.38. The van der Waals surface area contributed by atoms with Crippen LogP contribution in [0.1, 0.15) is 11.4 Å². The average Bonchev–Trinajstić information content (AvgIpc) is 3.00. The summed E-state index contributed by atoms with van der Waals surface area (Å²) in [6.07, 6.45) is 0. The van der Waals surface area contributed by atoms with E-state index in [1.165, 1.54) is 4.31 Å². The minimum absolute atomic E-state index is 0.187. The van der Waals surface area contributed by atoms with Gasteiger partial charge in [0.1, 0.15) is 16.5 Å². The SMILES string of the molecule is COc1ccc2c(c1)-n1c(C)nnc1N(Cc1ccccc1)S2(=O)=O. The number of nitrogens with zero attached hydrogens (tertiary/aromatic N) is 4. The summed E-state index contributed by atoms with van der Waals surface area (Å²) in [4.78, 5) is 0.208. The van der Waals surface area contributed by atoms with Crippen LogP contribution in [-0.2, 0) is 16.6 Å². The second-order valence-electron chi connectivity index (χ2n) is 5.71. The number of fused-ring (bicyclic) bond motifs is 3. The Bertz CT molecular complexity index is 1050. The van der Waals surface area contributed by atoms with Gasteiger partial charge in [-0.2, -0.15) is 0 Å². The minimum atomic E-state index is -3.75. The molecular formula is C17H16N4O3S. The van der Waals surface area contributed by atoms with E-state index >= 15 is 0 Å². The van der Waals surface area contributed by atoms with E-state index in [-0.39, 0.29) is 17.4 Å². The van der Waals surface area contributed by atoms with Gasteiger partial charge in [0.05, 0.1) is 19.3 Å². The summed E-state index contributed by atoms with van der Waals surface area (Å²) in [5.41, 5.74) is 1.37. The van der Waals surface area contributed by atoms with E-state index in [1.807, 2.05) is 30.3 Å². The fourth-order valence-electron chi connectivity index (χ4n) is 2.94. The van der Waals surface area contributed by atoms with Gasteiger partial charge in [0, 0.05) is 6.07 Å². The molecule has 0 N–H and O–H groups in total. The van der Waals surface area contributed by atoms with Crippen LogP contribution in [0.4, 0.5) is 5.95 Å². The molecule has 7 nitrogen and oxygen atoms in total. The van der Waals surface area contributed by atoms with Crippen molar-refractivity contribution in [1.29, 1.82) is 0 Å². The van der Waals surface area contributed by atoms with Gasteiger partial charge < -0.3 is 4.74 Å². The van der Waals surface area contributed by atoms with Crippen LogP contribution in [-0.4, -0.2) is 30.3 Å². The van der Waals surface area contributed by atoms with Crippen LogP contribution in [0.2, 0.25) is 0 Å². The maximum atomic E-state index is 13.2. The molecule has 0 unspecified atom stereocenters. The van der Waals surface area contributed by atoms with E-state index in [9.17, 15) is 8.42 Å². The van der Waals surface area contributed by atoms with Gasteiger partial charge in [0.25, 0.3) is 10.0 Å². The third-order valence-electron chi connectivity index (χ3n) is 4.17. The molecule has 0 spiro atoms. The first-order valence-electron chi connectivity index (χ1n) is 7.69. The number of sulfonamides is 1. The monoisotopic (exact) mass is 356 g/mol. The Labute approximate surface area is 145 Å². The third-order valence-corrected chi connectivity index (χ3v) is 5.95. The first-order chi connectivity index (χ1) is 12.0. The predicted octanol–water partition coefficient (Wildman–Crippen LogP) is 2.29. The Morgan fingerprint density at radius 3 is 2.56 bits per heavy atom. The van der Waals surface area contributed by atoms with Crippen LogP contribution in [0.15, 0.2) is 53.4 Å². The second-order valence-corrected chi connectivity index (χ2v) is 7.54. The van der Waals surface area contributed by atoms with Gasteiger partial charge in [-0.05, 0) is 24.6 Å². The number of methoxy groups -OCH3 is 1. The fraction of sp³-hybridized carbons (Fsp3) is 0.176. The molecule has 25 heavy (non-hydrogen) atoms. The molecule has 0 aliphatic carbocycles. The van der Waals surface area contributed by atoms with Crippen molar-refractivity contribution in [3.63, 3.8) is 0 Å². The van der Waals surface area contributed by atoms with E-state index in [0.717, 1.165) is 5.56 Å². The lowest BCUT2D eigenvalue weighted by molar-refractivity contribution is 0.414. The van der Waals surface area contributed by atoms with Crippen molar-refractivity contribution >= 4 is 16.0 Å². The number of rotatable bonds is 3. The summed E-state index contributed by atoms with van der Waals surface area (Å²) in [6.45, 7) is 1.98. The van der Waals surface area contributed by atoms with Gasteiger partial charge in [-0.25, -0.2) is 12.7 Å². The Morgan fingerprint density at radius 2 is 1.84 bits per heavy atom. The predicted molar refractivity (Wildman–Crippen MR) is 92.5 cm³/mol. The largest absolute Gasteiger partial charge is 0.497 e. The van der Waals surface area contributed by atoms with Crippen molar-refractivity contribution in [2.75, 3.05) is 11.4 Å². The first kappa shape index (κ1) is 15.6. The number of anilines is 1. The molecule has 0 radical (unpaired) electrons. The number of aryl methyl sites for hydroxylation is 1. The molecule has 0 atom stereocenters. The zero-order valence-corrected chi connectivity index (χ0v) is 14.6. The van der Waals surface area contributed by atoms with E-state index in [2.05, 4.69) is 10.2 Å². The quantitative estimate of drug-likeness (QED) is 0.720. The number of ether oxygens (including phenoxy) is 1. The van der Waals surface area contributed by atoms with Crippen LogP contribution < -0.4 is 9.04 Å². The van der Waals surface area contributed by atoms with Crippen molar-refractivity contribution in [3.8, 4) is 11.4 Å². The van der Waals surface area contributed by atoms with Gasteiger partial charge in [-0.15, -0.1) is 10.2 Å². The van der Waals surface area contributed by atoms with E-state index in [4.69, 9.17) is 4.74 Å². The lowest BCUT2D eigenvalue weighted by atomic mass is 10.2. The summed E-state index contributed by atoms with van der Waals surface area (Å²) in [7, 11) is -2.21. The molecule has 1 aromatic heterocycles. The summed E-state index contributed by atoms with van der Waals surface area (Å²) < 4.78 is 34.6. The van der Waals surface area contributed by atoms with Crippen LogP contribution in [0.25, 0.3) is 5.69 Å². The van der Waals surface area contributed by atoms with Crippen LogP contribution in [0, 0.1) is 6.92 Å².